The van der Waals surface area contributed by atoms with Crippen LogP contribution in [-0.2, 0) is 14.3 Å². The average Bonchev–Trinajstić information content (AvgIpc) is 3.18. The molecule has 1 aromatic carbocycles. The van der Waals surface area contributed by atoms with Crippen LogP contribution in [0.5, 0.6) is 0 Å². The first-order chi connectivity index (χ1) is 11.8. The van der Waals surface area contributed by atoms with Crippen molar-refractivity contribution in [2.45, 2.75) is 31.1 Å². The van der Waals surface area contributed by atoms with E-state index in [4.69, 9.17) is 4.74 Å². The summed E-state index contributed by atoms with van der Waals surface area (Å²) in [7, 11) is 0. The van der Waals surface area contributed by atoms with Crippen LogP contribution in [0.15, 0.2) is 48.6 Å². The van der Waals surface area contributed by atoms with Crippen LogP contribution in [0.4, 0.5) is 10.1 Å². The number of halogens is 1. The molecule has 1 spiro atoms. The summed E-state index contributed by atoms with van der Waals surface area (Å²) in [6.07, 6.45) is 3.46. The van der Waals surface area contributed by atoms with E-state index in [9.17, 15) is 19.1 Å². The highest BCUT2D eigenvalue weighted by molar-refractivity contribution is 6.03. The number of rotatable bonds is 4. The summed E-state index contributed by atoms with van der Waals surface area (Å²) in [6.45, 7) is 5.80. The van der Waals surface area contributed by atoms with Crippen LogP contribution >= 0.6 is 0 Å². The van der Waals surface area contributed by atoms with Gasteiger partial charge in [0.1, 0.15) is 17.3 Å². The summed E-state index contributed by atoms with van der Waals surface area (Å²) < 4.78 is 19.3. The maximum atomic E-state index is 13.3. The molecule has 130 valence electrons. The molecule has 2 saturated heterocycles. The fourth-order valence-corrected chi connectivity index (χ4v) is 4.42. The van der Waals surface area contributed by atoms with Gasteiger partial charge in [-0.15, -0.1) is 6.58 Å². The number of aliphatic carboxylic acids is 1. The minimum Gasteiger partial charge on any atom is -0.481 e. The summed E-state index contributed by atoms with van der Waals surface area (Å²) in [5.74, 6) is -3.42. The summed E-state index contributed by atoms with van der Waals surface area (Å²) in [5.41, 5.74) is 0.420. The van der Waals surface area contributed by atoms with Crippen molar-refractivity contribution in [2.24, 2.45) is 11.8 Å². The topological polar surface area (TPSA) is 66.8 Å². The van der Waals surface area contributed by atoms with Crippen molar-refractivity contribution in [1.82, 2.24) is 0 Å². The van der Waals surface area contributed by atoms with E-state index < -0.39 is 41.4 Å². The number of amides is 1. The number of benzene rings is 1. The van der Waals surface area contributed by atoms with E-state index in [-0.39, 0.29) is 5.91 Å². The largest absolute Gasteiger partial charge is 0.481 e. The van der Waals surface area contributed by atoms with E-state index in [0.717, 1.165) is 5.57 Å². The van der Waals surface area contributed by atoms with Crippen LogP contribution in [0.25, 0.3) is 0 Å². The third kappa shape index (κ3) is 2.10. The molecule has 1 amide bonds. The molecule has 3 heterocycles. The van der Waals surface area contributed by atoms with Crippen molar-refractivity contribution in [3.05, 3.63) is 54.4 Å². The van der Waals surface area contributed by atoms with Crippen LogP contribution < -0.4 is 4.90 Å². The van der Waals surface area contributed by atoms with E-state index in [1.807, 2.05) is 13.0 Å². The Labute approximate surface area is 144 Å². The highest BCUT2D eigenvalue weighted by atomic mass is 19.1. The Morgan fingerprint density at radius 1 is 1.40 bits per heavy atom. The van der Waals surface area contributed by atoms with Crippen molar-refractivity contribution in [3.63, 3.8) is 0 Å². The highest BCUT2D eigenvalue weighted by Crippen LogP contribution is 2.56. The second kappa shape index (κ2) is 5.26. The predicted octanol–water partition coefficient (Wildman–Crippen LogP) is 2.53. The molecule has 1 aromatic rings. The van der Waals surface area contributed by atoms with E-state index in [1.165, 1.54) is 24.3 Å². The average molecular weight is 343 g/mol. The number of carbonyl (C=O) groups excluding carboxylic acids is 1. The zero-order valence-electron chi connectivity index (χ0n) is 13.7. The molecule has 5 nitrogen and oxygen atoms in total. The fraction of sp³-hybridized carbons (Fsp3) is 0.368. The number of ether oxygens (including phenoxy) is 1. The first-order valence-corrected chi connectivity index (χ1v) is 8.18. The summed E-state index contributed by atoms with van der Waals surface area (Å²) in [6, 6.07) is 5.23. The minimum atomic E-state index is -1.04. The third-order valence-corrected chi connectivity index (χ3v) is 5.35. The van der Waals surface area contributed by atoms with Crippen molar-refractivity contribution in [3.8, 4) is 0 Å². The van der Waals surface area contributed by atoms with E-state index >= 15 is 0 Å². The van der Waals surface area contributed by atoms with Crippen molar-refractivity contribution in [1.29, 1.82) is 0 Å². The molecule has 0 radical (unpaired) electrons. The van der Waals surface area contributed by atoms with Gasteiger partial charge in [-0.25, -0.2) is 4.39 Å². The molecule has 3 aliphatic rings. The van der Waals surface area contributed by atoms with Crippen LogP contribution in [0.3, 0.4) is 0 Å². The Hall–Kier alpha value is -2.47. The lowest BCUT2D eigenvalue weighted by Gasteiger charge is -2.33. The Balaban J connectivity index is 1.84. The van der Waals surface area contributed by atoms with Gasteiger partial charge >= 0.3 is 5.97 Å². The Kier molecular flexibility index (Phi) is 3.37. The number of hydrogen-bond donors (Lipinski definition) is 1. The maximum Gasteiger partial charge on any atom is 0.310 e. The highest BCUT2D eigenvalue weighted by Gasteiger charge is 2.71. The smallest absolute Gasteiger partial charge is 0.310 e. The molecule has 0 aliphatic carbocycles. The number of hydrogen-bond acceptors (Lipinski definition) is 3. The summed E-state index contributed by atoms with van der Waals surface area (Å²) >= 11 is 0. The molecular formula is C19H18FNO4. The van der Waals surface area contributed by atoms with Gasteiger partial charge < -0.3 is 14.7 Å². The number of carboxylic acids is 1. The molecule has 2 fully saturated rings. The number of carboxylic acid groups (broad SMARTS) is 1. The molecule has 1 N–H and O–H groups in total. The first kappa shape index (κ1) is 16.0. The van der Waals surface area contributed by atoms with E-state index in [0.29, 0.717) is 12.1 Å². The minimum absolute atomic E-state index is 0.294. The van der Waals surface area contributed by atoms with Gasteiger partial charge in [0.05, 0.1) is 18.1 Å². The molecule has 3 aliphatic heterocycles. The molecule has 25 heavy (non-hydrogen) atoms. The molecule has 6 heteroatoms. The van der Waals surface area contributed by atoms with Crippen LogP contribution in [-0.4, -0.2) is 34.7 Å². The zero-order valence-corrected chi connectivity index (χ0v) is 13.7. The van der Waals surface area contributed by atoms with Crippen molar-refractivity contribution in [2.75, 3.05) is 4.90 Å². The molecular weight excluding hydrogens is 325 g/mol. The number of anilines is 1. The third-order valence-electron chi connectivity index (χ3n) is 5.35. The van der Waals surface area contributed by atoms with E-state index in [2.05, 4.69) is 6.58 Å². The van der Waals surface area contributed by atoms with Gasteiger partial charge in [-0.05, 0) is 37.6 Å². The van der Waals surface area contributed by atoms with Crippen molar-refractivity contribution >= 4 is 17.6 Å². The lowest BCUT2D eigenvalue weighted by Crippen LogP contribution is -2.45. The molecule has 0 unspecified atom stereocenters. The monoisotopic (exact) mass is 343 g/mol. The first-order valence-electron chi connectivity index (χ1n) is 8.18. The predicted molar refractivity (Wildman–Crippen MR) is 88.5 cm³/mol. The molecule has 2 bridgehead atoms. The molecule has 5 atom stereocenters. The van der Waals surface area contributed by atoms with Crippen molar-refractivity contribution < 1.29 is 23.8 Å². The summed E-state index contributed by atoms with van der Waals surface area (Å²) in [4.78, 5) is 26.5. The Bertz CT molecular complexity index is 802. The number of fused-ring (bicyclic) bond motifs is 1. The fourth-order valence-electron chi connectivity index (χ4n) is 4.42. The quantitative estimate of drug-likeness (QED) is 0.853. The van der Waals surface area contributed by atoms with Gasteiger partial charge in [0.2, 0.25) is 5.91 Å². The normalized spacial score (nSPS) is 35.3. The van der Waals surface area contributed by atoms with Gasteiger partial charge in [-0.1, -0.05) is 17.7 Å². The van der Waals surface area contributed by atoms with Gasteiger partial charge in [-0.2, -0.15) is 0 Å². The maximum absolute atomic E-state index is 13.3. The SMILES string of the molecule is C=C(C)C[C@@H]1N(c2ccc(F)cc2)C(=O)[C@@H]2[C@@H](C(=O)O)[C@@H]3C=C[C@]21O3. The zero-order chi connectivity index (χ0) is 17.9. The lowest BCUT2D eigenvalue weighted by molar-refractivity contribution is -0.146. The van der Waals surface area contributed by atoms with Gasteiger partial charge in [0, 0.05) is 5.69 Å². The van der Waals surface area contributed by atoms with Crippen LogP contribution in [0.1, 0.15) is 13.3 Å². The Morgan fingerprint density at radius 3 is 2.68 bits per heavy atom. The molecule has 0 aromatic heterocycles. The molecule has 4 rings (SSSR count). The second-order valence-electron chi connectivity index (χ2n) is 7.00. The van der Waals surface area contributed by atoms with Gasteiger partial charge in [0.25, 0.3) is 0 Å². The second-order valence-corrected chi connectivity index (χ2v) is 7.00. The van der Waals surface area contributed by atoms with Crippen LogP contribution in [0.2, 0.25) is 0 Å². The van der Waals surface area contributed by atoms with Crippen LogP contribution in [0, 0.1) is 17.7 Å². The lowest BCUT2D eigenvalue weighted by atomic mass is 9.74. The summed E-state index contributed by atoms with van der Waals surface area (Å²) in [5, 5.41) is 9.61. The number of nitrogens with zero attached hydrogens (tertiary/aromatic N) is 1. The number of carbonyl (C=O) groups is 2. The Morgan fingerprint density at radius 2 is 2.08 bits per heavy atom. The van der Waals surface area contributed by atoms with Gasteiger partial charge in [0.15, 0.2) is 0 Å². The standard InChI is InChI=1S/C19H18FNO4/c1-10(2)9-14-19-8-7-13(25-19)15(18(23)24)16(19)17(22)21(14)12-5-3-11(20)4-6-12/h3-8,13-16H,1,9H2,2H3,(H,23,24)/t13-,14-,15-,16-,19+/m0/s1. The van der Waals surface area contributed by atoms with E-state index in [1.54, 1.807) is 11.0 Å². The molecule has 0 saturated carbocycles. The van der Waals surface area contributed by atoms with Gasteiger partial charge in [-0.3, -0.25) is 9.59 Å².